The van der Waals surface area contributed by atoms with Crippen LogP contribution in [0, 0.1) is 0 Å². The number of nitrogens with two attached hydrogens (primary N) is 1. The Kier molecular flexibility index (Phi) is 5.68. The number of fused-ring (bicyclic) bond motifs is 1. The summed E-state index contributed by atoms with van der Waals surface area (Å²) >= 11 is 1.57. The van der Waals surface area contributed by atoms with Gasteiger partial charge in [0.2, 0.25) is 0 Å². The van der Waals surface area contributed by atoms with Gasteiger partial charge in [0, 0.05) is 4.88 Å². The summed E-state index contributed by atoms with van der Waals surface area (Å²) in [5.41, 5.74) is 10.5. The lowest BCUT2D eigenvalue weighted by Crippen LogP contribution is -2.20. The number of ether oxygens (including phenoxy) is 1. The standard InChI is InChI=1S/C19H21N3O3S/c1-12(13-6-8-15(9-7-13)25-11-18(20)23)21-22-19(24)17-10-14-4-2-3-5-16(14)26-17/h6-10H,2-5,11H2,1H3,(H2,20,23)(H,22,24). The van der Waals surface area contributed by atoms with Crippen molar-refractivity contribution in [2.75, 3.05) is 6.61 Å². The molecule has 1 aliphatic carbocycles. The van der Waals surface area contributed by atoms with Crippen LogP contribution in [0.4, 0.5) is 0 Å². The molecule has 2 aromatic rings. The first-order chi connectivity index (χ1) is 12.5. The van der Waals surface area contributed by atoms with Gasteiger partial charge in [-0.3, -0.25) is 9.59 Å². The Morgan fingerprint density at radius 1 is 1.23 bits per heavy atom. The van der Waals surface area contributed by atoms with Crippen LogP contribution < -0.4 is 15.9 Å². The molecule has 1 aromatic heterocycles. The molecule has 1 heterocycles. The van der Waals surface area contributed by atoms with Crippen molar-refractivity contribution in [2.24, 2.45) is 10.8 Å². The Morgan fingerprint density at radius 2 is 1.96 bits per heavy atom. The van der Waals surface area contributed by atoms with E-state index >= 15 is 0 Å². The number of rotatable bonds is 6. The molecule has 0 saturated carbocycles. The molecule has 0 radical (unpaired) electrons. The number of hydrogen-bond acceptors (Lipinski definition) is 5. The quantitative estimate of drug-likeness (QED) is 0.604. The van der Waals surface area contributed by atoms with E-state index in [-0.39, 0.29) is 12.5 Å². The average Bonchev–Trinajstić information content (AvgIpc) is 3.09. The Morgan fingerprint density at radius 3 is 2.65 bits per heavy atom. The molecule has 0 bridgehead atoms. The highest BCUT2D eigenvalue weighted by molar-refractivity contribution is 7.14. The first-order valence-corrected chi connectivity index (χ1v) is 9.32. The van der Waals surface area contributed by atoms with E-state index in [1.807, 2.05) is 25.1 Å². The Hall–Kier alpha value is -2.67. The number of carbonyl (C=O) groups is 2. The van der Waals surface area contributed by atoms with Gasteiger partial charge in [0.1, 0.15) is 5.75 Å². The molecule has 0 fully saturated rings. The largest absolute Gasteiger partial charge is 0.484 e. The van der Waals surface area contributed by atoms with Gasteiger partial charge in [-0.15, -0.1) is 11.3 Å². The fraction of sp³-hybridized carbons (Fsp3) is 0.316. The van der Waals surface area contributed by atoms with Crippen LogP contribution in [0.3, 0.4) is 0 Å². The maximum absolute atomic E-state index is 12.3. The van der Waals surface area contributed by atoms with Crippen LogP contribution in [0.1, 0.15) is 45.4 Å². The van der Waals surface area contributed by atoms with Crippen molar-refractivity contribution in [1.82, 2.24) is 5.43 Å². The monoisotopic (exact) mass is 371 g/mol. The number of nitrogens with zero attached hydrogens (tertiary/aromatic N) is 1. The lowest BCUT2D eigenvalue weighted by Gasteiger charge is -2.08. The predicted octanol–water partition coefficient (Wildman–Crippen LogP) is 2.65. The molecule has 0 spiro atoms. The van der Waals surface area contributed by atoms with Crippen LogP contribution in [0.25, 0.3) is 0 Å². The summed E-state index contributed by atoms with van der Waals surface area (Å²) in [6.45, 7) is 1.66. The second kappa shape index (κ2) is 8.14. The second-order valence-corrected chi connectivity index (χ2v) is 7.32. The van der Waals surface area contributed by atoms with Crippen LogP contribution in [0.5, 0.6) is 5.75 Å². The van der Waals surface area contributed by atoms with Gasteiger partial charge in [-0.25, -0.2) is 5.43 Å². The van der Waals surface area contributed by atoms with Crippen molar-refractivity contribution in [3.63, 3.8) is 0 Å². The van der Waals surface area contributed by atoms with E-state index in [1.54, 1.807) is 23.5 Å². The van der Waals surface area contributed by atoms with E-state index in [2.05, 4.69) is 10.5 Å². The van der Waals surface area contributed by atoms with Crippen molar-refractivity contribution in [1.29, 1.82) is 0 Å². The molecular weight excluding hydrogens is 350 g/mol. The normalized spacial score (nSPS) is 13.8. The molecule has 3 N–H and O–H groups in total. The molecular formula is C19H21N3O3S. The first kappa shape index (κ1) is 18.1. The van der Waals surface area contributed by atoms with Gasteiger partial charge in [0.15, 0.2) is 6.61 Å². The third kappa shape index (κ3) is 4.49. The minimum Gasteiger partial charge on any atom is -0.484 e. The zero-order chi connectivity index (χ0) is 18.5. The number of carbonyl (C=O) groups excluding carboxylic acids is 2. The number of thiophene rings is 1. The molecule has 136 valence electrons. The fourth-order valence-corrected chi connectivity index (χ4v) is 3.95. The maximum Gasteiger partial charge on any atom is 0.281 e. The molecule has 1 aliphatic rings. The van der Waals surface area contributed by atoms with Gasteiger partial charge in [-0.2, -0.15) is 5.10 Å². The van der Waals surface area contributed by atoms with E-state index in [0.29, 0.717) is 16.3 Å². The number of primary amides is 1. The van der Waals surface area contributed by atoms with Crippen LogP contribution >= 0.6 is 11.3 Å². The molecule has 3 rings (SSSR count). The van der Waals surface area contributed by atoms with Crippen LogP contribution in [-0.4, -0.2) is 24.1 Å². The first-order valence-electron chi connectivity index (χ1n) is 8.50. The molecule has 7 heteroatoms. The van der Waals surface area contributed by atoms with Gasteiger partial charge >= 0.3 is 0 Å². The highest BCUT2D eigenvalue weighted by Crippen LogP contribution is 2.29. The third-order valence-electron chi connectivity index (χ3n) is 4.20. The SMILES string of the molecule is CC(=NNC(=O)c1cc2c(s1)CCCC2)c1ccc(OCC(N)=O)cc1. The summed E-state index contributed by atoms with van der Waals surface area (Å²) in [5.74, 6) is -0.150. The Labute approximate surface area is 156 Å². The number of hydrazone groups is 1. The molecule has 0 aliphatic heterocycles. The van der Waals surface area contributed by atoms with Gasteiger partial charge < -0.3 is 10.5 Å². The molecule has 6 nitrogen and oxygen atoms in total. The van der Waals surface area contributed by atoms with Crippen molar-refractivity contribution < 1.29 is 14.3 Å². The summed E-state index contributed by atoms with van der Waals surface area (Å²) in [6.07, 6.45) is 4.53. The van der Waals surface area contributed by atoms with Crippen LogP contribution in [0.15, 0.2) is 35.4 Å². The molecule has 0 atom stereocenters. The van der Waals surface area contributed by atoms with Gasteiger partial charge in [0.05, 0.1) is 10.6 Å². The average molecular weight is 371 g/mol. The topological polar surface area (TPSA) is 93.8 Å². The maximum atomic E-state index is 12.3. The summed E-state index contributed by atoms with van der Waals surface area (Å²) in [6, 6.07) is 9.07. The number of benzene rings is 1. The summed E-state index contributed by atoms with van der Waals surface area (Å²) in [7, 11) is 0. The highest BCUT2D eigenvalue weighted by Gasteiger charge is 2.17. The lowest BCUT2D eigenvalue weighted by atomic mass is 9.99. The second-order valence-electron chi connectivity index (χ2n) is 6.18. The number of nitrogens with one attached hydrogen (secondary N) is 1. The lowest BCUT2D eigenvalue weighted by molar-refractivity contribution is -0.119. The fourth-order valence-electron chi connectivity index (χ4n) is 2.80. The summed E-state index contributed by atoms with van der Waals surface area (Å²) < 4.78 is 5.22. The summed E-state index contributed by atoms with van der Waals surface area (Å²) in [4.78, 5) is 25.1. The molecule has 0 unspecified atom stereocenters. The van der Waals surface area contributed by atoms with Crippen molar-refractivity contribution >= 4 is 28.9 Å². The van der Waals surface area contributed by atoms with Crippen molar-refractivity contribution in [3.05, 3.63) is 51.2 Å². The van der Waals surface area contributed by atoms with E-state index in [1.165, 1.54) is 23.3 Å². The molecule has 1 aromatic carbocycles. The molecule has 26 heavy (non-hydrogen) atoms. The highest BCUT2D eigenvalue weighted by atomic mass is 32.1. The Bertz CT molecular complexity index is 817. The Balaban J connectivity index is 1.61. The van der Waals surface area contributed by atoms with E-state index in [9.17, 15) is 9.59 Å². The number of aryl methyl sites for hydroxylation is 2. The van der Waals surface area contributed by atoms with Crippen molar-refractivity contribution in [2.45, 2.75) is 32.6 Å². The third-order valence-corrected chi connectivity index (χ3v) is 5.43. The smallest absolute Gasteiger partial charge is 0.281 e. The molecule has 2 amide bonds. The number of amides is 2. The van der Waals surface area contributed by atoms with E-state index in [0.717, 1.165) is 18.4 Å². The minimum atomic E-state index is -0.523. The zero-order valence-electron chi connectivity index (χ0n) is 14.6. The molecule has 0 saturated heterocycles. The summed E-state index contributed by atoms with van der Waals surface area (Å²) in [5, 5.41) is 4.19. The van der Waals surface area contributed by atoms with Gasteiger partial charge in [-0.1, -0.05) is 0 Å². The predicted molar refractivity (Wildman–Crippen MR) is 102 cm³/mol. The van der Waals surface area contributed by atoms with Crippen LogP contribution in [0.2, 0.25) is 0 Å². The van der Waals surface area contributed by atoms with E-state index in [4.69, 9.17) is 10.5 Å². The zero-order valence-corrected chi connectivity index (χ0v) is 15.4. The van der Waals surface area contributed by atoms with E-state index < -0.39 is 5.91 Å². The minimum absolute atomic E-state index is 0.159. The number of hydrogen-bond donors (Lipinski definition) is 2. The van der Waals surface area contributed by atoms with Crippen molar-refractivity contribution in [3.8, 4) is 5.75 Å². The van der Waals surface area contributed by atoms with Gasteiger partial charge in [0.25, 0.3) is 11.8 Å². The van der Waals surface area contributed by atoms with Crippen LogP contribution in [-0.2, 0) is 17.6 Å². The van der Waals surface area contributed by atoms with Gasteiger partial charge in [-0.05, 0) is 74.1 Å².